The number of para-hydroxylation sites is 2. The third-order valence-corrected chi connectivity index (χ3v) is 18.8. The molecule has 106 heavy (non-hydrogen) atoms. The molecule has 4 rings (SSSR count). The molecule has 0 bridgehead atoms. The average Bonchev–Trinajstić information content (AvgIpc) is 1.59. The summed E-state index contributed by atoms with van der Waals surface area (Å²) in [6.07, 6.45) is -14.0. The summed E-state index contributed by atoms with van der Waals surface area (Å²) >= 11 is 0. The number of carbonyl (C=O) groups is 13. The van der Waals surface area contributed by atoms with Gasteiger partial charge in [-0.3, -0.25) is 57.5 Å². The first-order chi connectivity index (χ1) is 50.1. The van der Waals surface area contributed by atoms with E-state index < -0.39 is 245 Å². The lowest BCUT2D eigenvalue weighted by molar-refractivity contribution is -0.139. The van der Waals surface area contributed by atoms with Crippen molar-refractivity contribution in [2.75, 3.05) is 61.1 Å². The summed E-state index contributed by atoms with van der Waals surface area (Å²) < 4.78 is 0. The molecule has 2 aliphatic rings. The zero-order chi connectivity index (χ0) is 79.0. The van der Waals surface area contributed by atoms with Gasteiger partial charge >= 0.3 is 18.0 Å². The number of aliphatic hydroxyl groups is 10. The number of fused-ring (bicyclic) bond motifs is 1. The Morgan fingerprint density at radius 1 is 0.566 bits per heavy atom. The van der Waals surface area contributed by atoms with Crippen molar-refractivity contribution < 1.29 is 124 Å². The van der Waals surface area contributed by atoms with Crippen molar-refractivity contribution in [3.8, 4) is 0 Å². The number of urea groups is 1. The van der Waals surface area contributed by atoms with Crippen LogP contribution in [0.15, 0.2) is 48.5 Å². The highest BCUT2D eigenvalue weighted by atomic mass is 16.4. The Kier molecular flexibility index (Phi) is 38.4. The van der Waals surface area contributed by atoms with Gasteiger partial charge in [0, 0.05) is 106 Å². The monoisotopic (exact) mass is 1500 g/mol. The number of ketones is 4. The molecule has 1 fully saturated rings. The van der Waals surface area contributed by atoms with E-state index >= 15 is 0 Å². The Morgan fingerprint density at radius 3 is 1.61 bits per heavy atom. The second-order valence-electron chi connectivity index (χ2n) is 28.2. The van der Waals surface area contributed by atoms with Gasteiger partial charge in [0.25, 0.3) is 11.8 Å². The number of carbonyl (C=O) groups excluding carboxylic acids is 11. The van der Waals surface area contributed by atoms with Crippen molar-refractivity contribution in [3.05, 3.63) is 54.1 Å². The van der Waals surface area contributed by atoms with E-state index in [0.717, 1.165) is 44.7 Å². The number of aliphatic hydroxyl groups excluding tert-OH is 10. The second kappa shape index (κ2) is 45.3. The van der Waals surface area contributed by atoms with Gasteiger partial charge in [0.2, 0.25) is 23.6 Å². The van der Waals surface area contributed by atoms with Gasteiger partial charge in [-0.05, 0) is 88.6 Å². The number of carboxylic acid groups (broad SMARTS) is 2. The molecule has 2 aromatic carbocycles. The predicted octanol–water partition coefficient (Wildman–Crippen LogP) is -0.848. The fraction of sp³-hybridized carbons (Fsp3) is 0.653. The summed E-state index contributed by atoms with van der Waals surface area (Å²) in [7, 11) is 0. The Morgan fingerprint density at radius 2 is 1.08 bits per heavy atom. The second-order valence-corrected chi connectivity index (χ2v) is 28.2. The molecule has 13 atom stereocenters. The number of carboxylic acids is 2. The molecule has 1 aliphatic heterocycles. The number of hydrogen-bond donors (Lipinski definition) is 19. The quantitative estimate of drug-likeness (QED) is 0.0359. The summed E-state index contributed by atoms with van der Waals surface area (Å²) in [4.78, 5) is 177. The van der Waals surface area contributed by atoms with E-state index in [0.29, 0.717) is 37.8 Å². The van der Waals surface area contributed by atoms with Crippen LogP contribution in [-0.4, -0.2) is 257 Å². The number of unbranched alkanes of at least 4 members (excludes halogenated alkanes) is 4. The fourth-order valence-corrected chi connectivity index (χ4v) is 12.2. The largest absolute Gasteiger partial charge is 0.481 e. The lowest BCUT2D eigenvalue weighted by Crippen LogP contribution is -2.55. The van der Waals surface area contributed by atoms with Crippen molar-refractivity contribution in [1.29, 1.82) is 0 Å². The molecule has 0 unspecified atom stereocenters. The van der Waals surface area contributed by atoms with Crippen LogP contribution >= 0.6 is 0 Å². The highest BCUT2D eigenvalue weighted by Crippen LogP contribution is 2.38. The van der Waals surface area contributed by atoms with E-state index in [4.69, 9.17) is 10.2 Å². The molecule has 0 saturated heterocycles. The molecule has 34 heteroatoms. The van der Waals surface area contributed by atoms with Crippen LogP contribution in [0.3, 0.4) is 0 Å². The number of benzene rings is 2. The van der Waals surface area contributed by atoms with Crippen LogP contribution in [0.25, 0.3) is 0 Å². The van der Waals surface area contributed by atoms with Crippen molar-refractivity contribution in [3.63, 3.8) is 0 Å². The van der Waals surface area contributed by atoms with Crippen molar-refractivity contribution in [2.45, 2.75) is 236 Å². The van der Waals surface area contributed by atoms with Gasteiger partial charge in [0.15, 0.2) is 17.3 Å². The highest BCUT2D eigenvalue weighted by Gasteiger charge is 2.41. The maximum atomic E-state index is 14.5. The molecule has 1 aliphatic carbocycles. The maximum Gasteiger partial charge on any atom is 0.319 e. The van der Waals surface area contributed by atoms with E-state index in [9.17, 15) is 113 Å². The lowest BCUT2D eigenvalue weighted by atomic mass is 9.90. The van der Waals surface area contributed by atoms with Gasteiger partial charge in [-0.15, -0.1) is 0 Å². The first kappa shape index (κ1) is 89.9. The minimum absolute atomic E-state index is 0.0570. The zero-order valence-electron chi connectivity index (χ0n) is 60.6. The SMILES string of the molecule is CC(=O)[C@@H](CCC(=O)NC[C@H](O)[C@@H](O)[C@H](O)[C@H](O)CO)NC(=O)[C@@H](CCC(=O)O)CC(=O)[C@@H](CCC(=O)NC[C@H](O)[C@@H](O)[C@H](O)[C@H](O)CO)NC(=O)[C@@H](CCC(=O)O)CC(=O)CCCCCCCNC(=O)c1cccc(NC(=O)N[C@@H]2CN(C3CCCCC3)c3ccccc3N(CC(=O)C(C)(C)C)C2=O)c1. The molecule has 34 nitrogen and oxygen atoms in total. The van der Waals surface area contributed by atoms with Gasteiger partial charge in [0.1, 0.15) is 48.4 Å². The molecule has 8 amide bonds. The first-order valence-corrected chi connectivity index (χ1v) is 36.0. The maximum absolute atomic E-state index is 14.5. The number of rotatable bonds is 48. The van der Waals surface area contributed by atoms with Gasteiger partial charge in [-0.1, -0.05) is 77.5 Å². The van der Waals surface area contributed by atoms with Gasteiger partial charge < -0.3 is 108 Å². The lowest BCUT2D eigenvalue weighted by Gasteiger charge is -2.37. The molecule has 592 valence electrons. The number of amides is 8. The number of nitrogens with one attached hydrogen (secondary N) is 7. The molecular weight excluding hydrogens is 1390 g/mol. The predicted molar refractivity (Wildman–Crippen MR) is 381 cm³/mol. The number of aliphatic carboxylic acids is 2. The van der Waals surface area contributed by atoms with Crippen LogP contribution < -0.4 is 47.0 Å². The van der Waals surface area contributed by atoms with Crippen LogP contribution in [0.2, 0.25) is 0 Å². The number of hydrogen-bond acceptors (Lipinski definition) is 24. The third-order valence-electron chi connectivity index (χ3n) is 18.8. The number of nitrogens with zero attached hydrogens (tertiary/aromatic N) is 2. The van der Waals surface area contributed by atoms with Crippen molar-refractivity contribution in [1.82, 2.24) is 31.9 Å². The third kappa shape index (κ3) is 30.4. The molecule has 0 aromatic heterocycles. The van der Waals surface area contributed by atoms with E-state index in [-0.39, 0.29) is 49.1 Å². The topological polar surface area (TPSA) is 555 Å². The zero-order valence-corrected chi connectivity index (χ0v) is 60.6. The average molecular weight is 1500 g/mol. The molecular formula is C72H109N9O25. The Bertz CT molecular complexity index is 3270. The molecule has 0 spiro atoms. The van der Waals surface area contributed by atoms with Crippen LogP contribution in [0, 0.1) is 17.3 Å². The van der Waals surface area contributed by atoms with Crippen LogP contribution in [0.5, 0.6) is 0 Å². The van der Waals surface area contributed by atoms with E-state index in [2.05, 4.69) is 42.1 Å². The standard InChI is InChI=1S/C72H109N9O25/c1-41(84)48(25-27-59(92)74-35-54(87)63(98)65(100)56(89)39-82)77-69(104)44(24-30-62(96)97)34-53(86)49(26-28-60(93)75-36-55(88)64(99)66(101)57(90)40-83)78-68(103)43(23-29-61(94)95)33-47(85)20-11-6-5-7-14-31-73-67(102)42-16-15-17-45(32-42)76-71(106)79-50-37-80(46-18-9-8-10-19-46)51-21-12-13-22-52(51)81(70(50)105)38-58(91)72(2,3)4/h12-13,15-17,21-22,32,43-44,46,48-50,54-57,63-66,82-83,87-90,98-101H,5-11,14,18-20,23-31,33-40H2,1-4H3,(H,73,102)(H,74,92)(H,75,93)(H,77,104)(H,78,103)(H,94,95)(H,96,97)(H2,76,79,106)/t43-,44-,48+,49+,50+,54-,55-,56+,57+,63+,64+,65+,66+/m0/s1. The minimum Gasteiger partial charge on any atom is -0.481 e. The molecule has 0 radical (unpaired) electrons. The fourth-order valence-electron chi connectivity index (χ4n) is 12.2. The summed E-state index contributed by atoms with van der Waals surface area (Å²) in [5.41, 5.74) is 1.17. The Balaban J connectivity index is 1.37. The first-order valence-electron chi connectivity index (χ1n) is 36.0. The molecule has 19 N–H and O–H groups in total. The molecule has 1 saturated carbocycles. The van der Waals surface area contributed by atoms with Crippen LogP contribution in [-0.2, 0) is 52.7 Å². The Labute approximate surface area is 614 Å². The molecule has 2 aromatic rings. The number of anilines is 3. The summed E-state index contributed by atoms with van der Waals surface area (Å²) in [5, 5.41) is 135. The van der Waals surface area contributed by atoms with Gasteiger partial charge in [0.05, 0.1) is 55.4 Å². The van der Waals surface area contributed by atoms with E-state index in [1.165, 1.54) is 11.0 Å². The van der Waals surface area contributed by atoms with Crippen LogP contribution in [0.1, 0.15) is 173 Å². The summed E-state index contributed by atoms with van der Waals surface area (Å²) in [6.45, 7) is 3.24. The highest BCUT2D eigenvalue weighted by molar-refractivity contribution is 6.08. The smallest absolute Gasteiger partial charge is 0.319 e. The minimum atomic E-state index is -2.08. The number of Topliss-reactive ketones (excluding diaryl/α,β-unsaturated/α-hetero) is 4. The summed E-state index contributed by atoms with van der Waals surface area (Å²) in [5.74, 6) is -12.8. The van der Waals surface area contributed by atoms with Crippen molar-refractivity contribution in [2.24, 2.45) is 17.3 Å². The van der Waals surface area contributed by atoms with Gasteiger partial charge in [-0.25, -0.2) is 4.79 Å². The summed E-state index contributed by atoms with van der Waals surface area (Å²) in [6, 6.07) is 8.90. The van der Waals surface area contributed by atoms with Gasteiger partial charge in [-0.2, -0.15) is 0 Å². The van der Waals surface area contributed by atoms with Crippen LogP contribution in [0.4, 0.5) is 21.9 Å². The van der Waals surface area contributed by atoms with E-state index in [1.54, 1.807) is 39.0 Å². The molecule has 1 heterocycles. The Hall–Kier alpha value is -8.45. The normalized spacial score (nSPS) is 17.5. The van der Waals surface area contributed by atoms with E-state index in [1.807, 2.05) is 24.3 Å². The van der Waals surface area contributed by atoms with Crippen molar-refractivity contribution >= 4 is 93.6 Å².